The highest BCUT2D eigenvalue weighted by atomic mass is 14.7. The summed E-state index contributed by atoms with van der Waals surface area (Å²) in [5.41, 5.74) is 2.10. The van der Waals surface area contributed by atoms with Crippen LogP contribution < -0.4 is 0 Å². The van der Waals surface area contributed by atoms with Gasteiger partial charge in [0.25, 0.3) is 0 Å². The van der Waals surface area contributed by atoms with E-state index in [1.807, 2.05) is 32.1 Å². The van der Waals surface area contributed by atoms with Gasteiger partial charge in [0.05, 0.1) is 5.70 Å². The Morgan fingerprint density at radius 2 is 2.00 bits per heavy atom. The predicted molar refractivity (Wildman–Crippen MR) is 74.8 cm³/mol. The Labute approximate surface area is 99.3 Å². The monoisotopic (exact) mass is 215 g/mol. The van der Waals surface area contributed by atoms with Gasteiger partial charge < -0.3 is 0 Å². The molecule has 0 saturated heterocycles. The normalized spacial score (nSPS) is 14.4. The maximum atomic E-state index is 4.37. The Hall–Kier alpha value is -1.63. The summed E-state index contributed by atoms with van der Waals surface area (Å²) in [6.45, 7) is 9.74. The number of hydrogen-bond donors (Lipinski definition) is 0. The summed E-state index contributed by atoms with van der Waals surface area (Å²) in [6, 6.07) is 0. The van der Waals surface area contributed by atoms with Gasteiger partial charge in [-0.3, -0.25) is 4.99 Å². The Morgan fingerprint density at radius 3 is 2.50 bits per heavy atom. The lowest BCUT2D eigenvalue weighted by Crippen LogP contribution is -1.84. The molecule has 0 bridgehead atoms. The fourth-order valence-electron chi connectivity index (χ4n) is 1.18. The summed E-state index contributed by atoms with van der Waals surface area (Å²) < 4.78 is 0. The highest BCUT2D eigenvalue weighted by molar-refractivity contribution is 5.72. The van der Waals surface area contributed by atoms with Crippen LogP contribution in [-0.2, 0) is 0 Å². The fraction of sp³-hybridized carbons (Fsp3) is 0.267. The smallest absolute Gasteiger partial charge is 0.0661 e. The van der Waals surface area contributed by atoms with E-state index in [9.17, 15) is 0 Å². The van der Waals surface area contributed by atoms with Crippen LogP contribution in [0, 0.1) is 0 Å². The van der Waals surface area contributed by atoms with E-state index in [0.29, 0.717) is 0 Å². The first-order valence-corrected chi connectivity index (χ1v) is 5.61. The number of allylic oxidation sites excluding steroid dienone is 7. The summed E-state index contributed by atoms with van der Waals surface area (Å²) in [4.78, 5) is 4.37. The lowest BCUT2D eigenvalue weighted by atomic mass is 10.1. The molecular weight excluding hydrogens is 194 g/mol. The zero-order valence-electron chi connectivity index (χ0n) is 10.5. The van der Waals surface area contributed by atoms with Gasteiger partial charge in [-0.2, -0.15) is 0 Å². The molecule has 1 nitrogen and oxygen atoms in total. The van der Waals surface area contributed by atoms with Crippen molar-refractivity contribution >= 4 is 6.21 Å². The first-order chi connectivity index (χ1) is 7.79. The van der Waals surface area contributed by atoms with Crippen LogP contribution >= 0.6 is 0 Å². The number of hydrogen-bond acceptors (Lipinski definition) is 1. The molecule has 0 aromatic carbocycles. The summed E-state index contributed by atoms with van der Waals surface area (Å²) in [7, 11) is 0. The molecule has 0 aliphatic heterocycles. The van der Waals surface area contributed by atoms with Crippen LogP contribution in [0.3, 0.4) is 0 Å². The fourth-order valence-corrected chi connectivity index (χ4v) is 1.18. The third kappa shape index (κ3) is 5.97. The van der Waals surface area contributed by atoms with Crippen molar-refractivity contribution in [2.24, 2.45) is 4.99 Å². The molecule has 0 N–H and O–H groups in total. The largest absolute Gasteiger partial charge is 0.257 e. The number of aliphatic imine (C=N–C) groups is 1. The molecule has 0 aliphatic rings. The Kier molecular flexibility index (Phi) is 8.90. The third-order valence-corrected chi connectivity index (χ3v) is 1.83. The molecule has 0 atom stereocenters. The molecule has 0 aliphatic carbocycles. The van der Waals surface area contributed by atoms with E-state index < -0.39 is 0 Å². The van der Waals surface area contributed by atoms with Crippen molar-refractivity contribution in [2.75, 3.05) is 0 Å². The molecule has 0 saturated carbocycles. The van der Waals surface area contributed by atoms with E-state index in [4.69, 9.17) is 0 Å². The SMILES string of the molecule is C=CC=NC(=C\CC)/C(/C=C\C)=C\C=C/C. The van der Waals surface area contributed by atoms with Gasteiger partial charge in [-0.25, -0.2) is 0 Å². The topological polar surface area (TPSA) is 12.4 Å². The van der Waals surface area contributed by atoms with Crippen LogP contribution in [-0.4, -0.2) is 6.21 Å². The Bertz CT molecular complexity index is 338. The van der Waals surface area contributed by atoms with Crippen molar-refractivity contribution in [3.63, 3.8) is 0 Å². The van der Waals surface area contributed by atoms with Crippen LogP contribution in [0.25, 0.3) is 0 Å². The lowest BCUT2D eigenvalue weighted by molar-refractivity contribution is 1.17. The maximum Gasteiger partial charge on any atom is 0.0661 e. The molecule has 16 heavy (non-hydrogen) atoms. The highest BCUT2D eigenvalue weighted by Gasteiger charge is 1.97. The number of nitrogens with zero attached hydrogens (tertiary/aromatic N) is 1. The number of rotatable bonds is 6. The van der Waals surface area contributed by atoms with E-state index in [1.54, 1.807) is 12.3 Å². The summed E-state index contributed by atoms with van der Waals surface area (Å²) in [5, 5.41) is 0. The summed E-state index contributed by atoms with van der Waals surface area (Å²) in [6.07, 6.45) is 16.6. The van der Waals surface area contributed by atoms with Crippen molar-refractivity contribution < 1.29 is 0 Å². The molecule has 1 heteroatoms. The minimum absolute atomic E-state index is 0.967. The Morgan fingerprint density at radius 1 is 1.25 bits per heavy atom. The zero-order valence-corrected chi connectivity index (χ0v) is 10.5. The van der Waals surface area contributed by atoms with Crippen LogP contribution in [0.1, 0.15) is 27.2 Å². The summed E-state index contributed by atoms with van der Waals surface area (Å²) in [5.74, 6) is 0. The van der Waals surface area contributed by atoms with Gasteiger partial charge in [0.15, 0.2) is 0 Å². The van der Waals surface area contributed by atoms with Gasteiger partial charge in [0.2, 0.25) is 0 Å². The quantitative estimate of drug-likeness (QED) is 0.453. The van der Waals surface area contributed by atoms with Crippen LogP contribution in [0.2, 0.25) is 0 Å². The second-order valence-electron chi connectivity index (χ2n) is 3.16. The molecule has 0 fully saturated rings. The average molecular weight is 215 g/mol. The first-order valence-electron chi connectivity index (χ1n) is 5.61. The molecule has 0 amide bonds. The molecule has 0 unspecified atom stereocenters. The standard InChI is InChI=1S/C15H21N/c1-5-9-12-14(10-6-2)15(11-7-3)16-13-8-4/h5-6,8-13H,4,7H2,1-3H3/b9-5-,10-6-,14-12-,15-11-,16-13?. The molecule has 0 radical (unpaired) electrons. The van der Waals surface area contributed by atoms with Gasteiger partial charge in [0.1, 0.15) is 0 Å². The minimum Gasteiger partial charge on any atom is -0.257 e. The second-order valence-corrected chi connectivity index (χ2v) is 3.16. The van der Waals surface area contributed by atoms with Gasteiger partial charge in [-0.05, 0) is 25.8 Å². The molecule has 0 aromatic heterocycles. The van der Waals surface area contributed by atoms with Gasteiger partial charge in [-0.15, -0.1) is 0 Å². The molecule has 0 spiro atoms. The van der Waals surface area contributed by atoms with Crippen molar-refractivity contribution in [3.8, 4) is 0 Å². The molecule has 86 valence electrons. The Balaban J connectivity index is 5.17. The zero-order chi connectivity index (χ0) is 12.2. The van der Waals surface area contributed by atoms with E-state index in [0.717, 1.165) is 17.7 Å². The first kappa shape index (κ1) is 14.4. The van der Waals surface area contributed by atoms with E-state index in [-0.39, 0.29) is 0 Å². The van der Waals surface area contributed by atoms with Crippen molar-refractivity contribution in [3.05, 3.63) is 60.4 Å². The van der Waals surface area contributed by atoms with E-state index >= 15 is 0 Å². The second kappa shape index (κ2) is 9.91. The average Bonchev–Trinajstić information content (AvgIpc) is 2.30. The third-order valence-electron chi connectivity index (χ3n) is 1.83. The molecule has 0 aromatic rings. The van der Waals surface area contributed by atoms with Crippen molar-refractivity contribution in [1.29, 1.82) is 0 Å². The van der Waals surface area contributed by atoms with Gasteiger partial charge in [0, 0.05) is 6.21 Å². The van der Waals surface area contributed by atoms with E-state index in [2.05, 4.69) is 36.7 Å². The van der Waals surface area contributed by atoms with Crippen molar-refractivity contribution in [2.45, 2.75) is 27.2 Å². The summed E-state index contributed by atoms with van der Waals surface area (Å²) >= 11 is 0. The minimum atomic E-state index is 0.967. The molecule has 0 rings (SSSR count). The molecule has 0 heterocycles. The van der Waals surface area contributed by atoms with Crippen molar-refractivity contribution in [1.82, 2.24) is 0 Å². The van der Waals surface area contributed by atoms with Crippen LogP contribution in [0.4, 0.5) is 0 Å². The predicted octanol–water partition coefficient (Wildman–Crippen LogP) is 4.62. The molecular formula is C15H21N. The maximum absolute atomic E-state index is 4.37. The van der Waals surface area contributed by atoms with Gasteiger partial charge in [-0.1, -0.05) is 56.0 Å². The van der Waals surface area contributed by atoms with Crippen LogP contribution in [0.15, 0.2) is 65.4 Å². The van der Waals surface area contributed by atoms with E-state index in [1.165, 1.54) is 0 Å². The van der Waals surface area contributed by atoms with Gasteiger partial charge >= 0.3 is 0 Å². The lowest BCUT2D eigenvalue weighted by Gasteiger charge is -2.01. The van der Waals surface area contributed by atoms with Crippen LogP contribution in [0.5, 0.6) is 0 Å². The highest BCUT2D eigenvalue weighted by Crippen LogP contribution is 2.14.